The van der Waals surface area contributed by atoms with Crippen LogP contribution in [0.15, 0.2) is 54.1 Å². The highest BCUT2D eigenvalue weighted by Crippen LogP contribution is 2.39. The maximum atomic E-state index is 2.45. The molecule has 0 N–H and O–H groups in total. The second kappa shape index (κ2) is 7.61. The number of anilines is 1. The third-order valence-corrected chi connectivity index (χ3v) is 5.40. The average Bonchev–Trinajstić information content (AvgIpc) is 3.06. The number of rotatable bonds is 6. The number of benzene rings is 1. The SMILES string of the molecule is CCN(CC)C1=CC=CC2=CN(c3c(C(C)C)cccc3C(C)C)CN21. The van der Waals surface area contributed by atoms with Gasteiger partial charge in [-0.1, -0.05) is 52.0 Å². The van der Waals surface area contributed by atoms with Crippen molar-refractivity contribution in [2.45, 2.75) is 53.4 Å². The molecule has 0 bridgehead atoms. The summed E-state index contributed by atoms with van der Waals surface area (Å²) >= 11 is 0. The molecule has 2 heterocycles. The van der Waals surface area contributed by atoms with Crippen molar-refractivity contribution in [2.24, 2.45) is 0 Å². The van der Waals surface area contributed by atoms with Crippen LogP contribution in [0.3, 0.4) is 0 Å². The van der Waals surface area contributed by atoms with Gasteiger partial charge < -0.3 is 14.7 Å². The molecule has 0 atom stereocenters. The van der Waals surface area contributed by atoms with Crippen LogP contribution in [0.25, 0.3) is 0 Å². The molecule has 0 radical (unpaired) electrons. The van der Waals surface area contributed by atoms with Crippen molar-refractivity contribution in [2.75, 3.05) is 24.7 Å². The van der Waals surface area contributed by atoms with E-state index in [9.17, 15) is 0 Å². The third-order valence-electron chi connectivity index (χ3n) is 5.40. The van der Waals surface area contributed by atoms with E-state index in [2.05, 4.69) is 98.9 Å². The molecule has 140 valence electrons. The number of fused-ring (bicyclic) bond motifs is 1. The minimum absolute atomic E-state index is 0.507. The summed E-state index contributed by atoms with van der Waals surface area (Å²) in [4.78, 5) is 7.32. The molecule has 1 aromatic carbocycles. The monoisotopic (exact) mass is 351 g/mol. The molecule has 26 heavy (non-hydrogen) atoms. The van der Waals surface area contributed by atoms with Crippen LogP contribution in [0.4, 0.5) is 5.69 Å². The molecule has 0 fully saturated rings. The van der Waals surface area contributed by atoms with Crippen LogP contribution in [0.1, 0.15) is 64.5 Å². The summed E-state index contributed by atoms with van der Waals surface area (Å²) in [5, 5.41) is 0. The molecule has 0 amide bonds. The maximum Gasteiger partial charge on any atom is 0.110 e. The molecule has 0 saturated heterocycles. The second-order valence-corrected chi connectivity index (χ2v) is 7.74. The first kappa shape index (κ1) is 18.6. The summed E-state index contributed by atoms with van der Waals surface area (Å²) in [7, 11) is 0. The van der Waals surface area contributed by atoms with E-state index in [1.54, 1.807) is 0 Å². The average molecular weight is 352 g/mol. The highest BCUT2D eigenvalue weighted by Gasteiger charge is 2.29. The van der Waals surface area contributed by atoms with Crippen molar-refractivity contribution >= 4 is 5.69 Å². The Bertz CT molecular complexity index is 710. The molecule has 0 aromatic heterocycles. The van der Waals surface area contributed by atoms with Crippen LogP contribution in [0, 0.1) is 0 Å². The van der Waals surface area contributed by atoms with Crippen molar-refractivity contribution in [1.29, 1.82) is 0 Å². The Morgan fingerprint density at radius 2 is 1.62 bits per heavy atom. The molecule has 1 aromatic rings. The minimum atomic E-state index is 0.507. The van der Waals surface area contributed by atoms with Gasteiger partial charge in [0.15, 0.2) is 0 Å². The predicted octanol–water partition coefficient (Wildman–Crippen LogP) is 5.61. The topological polar surface area (TPSA) is 9.72 Å². The van der Waals surface area contributed by atoms with E-state index in [0.717, 1.165) is 19.8 Å². The van der Waals surface area contributed by atoms with Gasteiger partial charge in [-0.15, -0.1) is 0 Å². The Kier molecular flexibility index (Phi) is 5.45. The van der Waals surface area contributed by atoms with E-state index in [0.29, 0.717) is 11.8 Å². The summed E-state index contributed by atoms with van der Waals surface area (Å²) < 4.78 is 0. The van der Waals surface area contributed by atoms with Gasteiger partial charge in [-0.3, -0.25) is 0 Å². The van der Waals surface area contributed by atoms with E-state index in [-0.39, 0.29) is 0 Å². The largest absolute Gasteiger partial charge is 0.359 e. The third kappa shape index (κ3) is 3.27. The molecule has 0 unspecified atom stereocenters. The fraction of sp³-hybridized carbons (Fsp3) is 0.478. The Morgan fingerprint density at radius 1 is 1.00 bits per heavy atom. The quantitative estimate of drug-likeness (QED) is 0.660. The maximum absolute atomic E-state index is 2.45. The standard InChI is InChI=1S/C23H33N3/c1-7-24(8-2)22-14-9-11-19-15-25(16-26(19)22)23-20(17(3)4)12-10-13-21(23)18(5)6/h9-15,17-18H,7-8,16H2,1-6H3. The summed E-state index contributed by atoms with van der Waals surface area (Å²) in [5.41, 5.74) is 5.55. The minimum Gasteiger partial charge on any atom is -0.359 e. The number of hydrogen-bond acceptors (Lipinski definition) is 3. The van der Waals surface area contributed by atoms with E-state index >= 15 is 0 Å². The predicted molar refractivity (Wildman–Crippen MR) is 112 cm³/mol. The van der Waals surface area contributed by atoms with Gasteiger partial charge in [0, 0.05) is 25.0 Å². The van der Waals surface area contributed by atoms with Crippen molar-refractivity contribution in [1.82, 2.24) is 9.80 Å². The van der Waals surface area contributed by atoms with Gasteiger partial charge in [0.2, 0.25) is 0 Å². The highest BCUT2D eigenvalue weighted by molar-refractivity contribution is 5.65. The molecule has 3 heteroatoms. The Hall–Kier alpha value is -2.16. The smallest absolute Gasteiger partial charge is 0.110 e. The first-order valence-corrected chi connectivity index (χ1v) is 10.00. The Balaban J connectivity index is 2.01. The first-order valence-electron chi connectivity index (χ1n) is 10.00. The zero-order valence-electron chi connectivity index (χ0n) is 17.2. The molecule has 0 aliphatic carbocycles. The molecular weight excluding hydrogens is 318 g/mol. The zero-order chi connectivity index (χ0) is 18.8. The lowest BCUT2D eigenvalue weighted by atomic mass is 9.92. The van der Waals surface area contributed by atoms with Crippen molar-refractivity contribution in [3.63, 3.8) is 0 Å². The number of allylic oxidation sites excluding steroid dienone is 3. The summed E-state index contributed by atoms with van der Waals surface area (Å²) in [6.07, 6.45) is 8.96. The summed E-state index contributed by atoms with van der Waals surface area (Å²) in [5.74, 6) is 2.32. The van der Waals surface area contributed by atoms with Crippen LogP contribution >= 0.6 is 0 Å². The van der Waals surface area contributed by atoms with Crippen LogP contribution in [0.5, 0.6) is 0 Å². The lowest BCUT2D eigenvalue weighted by molar-refractivity contribution is 0.270. The number of nitrogens with zero attached hydrogens (tertiary/aromatic N) is 3. The van der Waals surface area contributed by atoms with Gasteiger partial charge in [-0.2, -0.15) is 0 Å². The Labute approximate surface area is 159 Å². The van der Waals surface area contributed by atoms with Gasteiger partial charge in [0.25, 0.3) is 0 Å². The summed E-state index contributed by atoms with van der Waals surface area (Å²) in [6.45, 7) is 16.6. The first-order chi connectivity index (χ1) is 12.5. The van der Waals surface area contributed by atoms with Crippen LogP contribution in [-0.2, 0) is 0 Å². The van der Waals surface area contributed by atoms with Gasteiger partial charge in [0.1, 0.15) is 12.5 Å². The Morgan fingerprint density at radius 3 is 2.15 bits per heavy atom. The molecular formula is C23H33N3. The van der Waals surface area contributed by atoms with Crippen molar-refractivity contribution in [3.8, 4) is 0 Å². The molecule has 2 aliphatic heterocycles. The lowest BCUT2D eigenvalue weighted by Gasteiger charge is -2.35. The molecule has 0 saturated carbocycles. The molecule has 0 spiro atoms. The van der Waals surface area contributed by atoms with Crippen molar-refractivity contribution in [3.05, 3.63) is 65.3 Å². The number of para-hydroxylation sites is 1. The van der Waals surface area contributed by atoms with Crippen LogP contribution in [0.2, 0.25) is 0 Å². The van der Waals surface area contributed by atoms with E-state index in [1.165, 1.54) is 28.3 Å². The van der Waals surface area contributed by atoms with Gasteiger partial charge >= 0.3 is 0 Å². The van der Waals surface area contributed by atoms with E-state index in [4.69, 9.17) is 0 Å². The van der Waals surface area contributed by atoms with Crippen molar-refractivity contribution < 1.29 is 0 Å². The van der Waals surface area contributed by atoms with Gasteiger partial charge in [-0.05, 0) is 49.0 Å². The molecule has 3 nitrogen and oxygen atoms in total. The van der Waals surface area contributed by atoms with E-state index in [1.807, 2.05) is 0 Å². The lowest BCUT2D eigenvalue weighted by Crippen LogP contribution is -2.37. The normalized spacial score (nSPS) is 16.3. The molecule has 3 rings (SSSR count). The zero-order valence-corrected chi connectivity index (χ0v) is 17.2. The second-order valence-electron chi connectivity index (χ2n) is 7.74. The van der Waals surface area contributed by atoms with Gasteiger partial charge in [0.05, 0.1) is 5.70 Å². The van der Waals surface area contributed by atoms with Crippen LogP contribution in [-0.4, -0.2) is 29.6 Å². The molecule has 2 aliphatic rings. The summed E-state index contributed by atoms with van der Waals surface area (Å²) in [6, 6.07) is 6.79. The van der Waals surface area contributed by atoms with Gasteiger partial charge in [-0.25, -0.2) is 0 Å². The van der Waals surface area contributed by atoms with E-state index < -0.39 is 0 Å². The fourth-order valence-corrected chi connectivity index (χ4v) is 3.97. The number of hydrogen-bond donors (Lipinski definition) is 0. The highest BCUT2D eigenvalue weighted by atomic mass is 15.4. The fourth-order valence-electron chi connectivity index (χ4n) is 3.97. The van der Waals surface area contributed by atoms with Crippen LogP contribution < -0.4 is 4.90 Å².